The maximum atomic E-state index is 13.3. The third kappa shape index (κ3) is 1.77. The molecule has 0 radical (unpaired) electrons. The Morgan fingerprint density at radius 1 is 1.06 bits per heavy atom. The average Bonchev–Trinajstić information content (AvgIpc) is 2.79. The third-order valence-corrected chi connectivity index (χ3v) is 2.66. The van der Waals surface area contributed by atoms with Crippen molar-refractivity contribution in [3.05, 3.63) is 35.1 Å². The lowest BCUT2D eigenvalue weighted by atomic mass is 10.1. The van der Waals surface area contributed by atoms with E-state index in [0.717, 1.165) is 25.0 Å². The van der Waals surface area contributed by atoms with Crippen molar-refractivity contribution in [3.63, 3.8) is 0 Å². The van der Waals surface area contributed by atoms with Gasteiger partial charge in [0, 0.05) is 13.1 Å². The summed E-state index contributed by atoms with van der Waals surface area (Å²) in [5, 5.41) is 0. The van der Waals surface area contributed by atoms with Gasteiger partial charge in [-0.1, -0.05) is 0 Å². The maximum absolute atomic E-state index is 13.3. The molecule has 2 rings (SSSR count). The van der Waals surface area contributed by atoms with Crippen LogP contribution in [0.3, 0.4) is 0 Å². The monoisotopic (exact) mass is 229 g/mol. The predicted octanol–water partition coefficient (Wildman–Crippen LogP) is 2.34. The molecule has 16 heavy (non-hydrogen) atoms. The second-order valence-electron chi connectivity index (χ2n) is 3.72. The number of benzene rings is 1. The third-order valence-electron chi connectivity index (χ3n) is 2.66. The molecule has 1 amide bonds. The number of likely N-dealkylation sites (tertiary alicyclic amines) is 1. The van der Waals surface area contributed by atoms with Crippen molar-refractivity contribution < 1.29 is 18.0 Å². The fourth-order valence-electron chi connectivity index (χ4n) is 1.78. The maximum Gasteiger partial charge on any atom is 0.256 e. The largest absolute Gasteiger partial charge is 0.339 e. The molecule has 0 N–H and O–H groups in total. The van der Waals surface area contributed by atoms with Crippen LogP contribution in [0.5, 0.6) is 0 Å². The molecule has 1 heterocycles. The van der Waals surface area contributed by atoms with Gasteiger partial charge >= 0.3 is 0 Å². The lowest BCUT2D eigenvalue weighted by Gasteiger charge is -2.15. The summed E-state index contributed by atoms with van der Waals surface area (Å²) < 4.78 is 38.9. The Kier molecular flexibility index (Phi) is 2.85. The first-order valence-corrected chi connectivity index (χ1v) is 5.04. The van der Waals surface area contributed by atoms with E-state index >= 15 is 0 Å². The van der Waals surface area contributed by atoms with Gasteiger partial charge in [0.05, 0.1) is 5.56 Å². The smallest absolute Gasteiger partial charge is 0.256 e. The van der Waals surface area contributed by atoms with E-state index in [1.165, 1.54) is 4.90 Å². The fraction of sp³-hybridized carbons (Fsp3) is 0.364. The second kappa shape index (κ2) is 4.15. The molecule has 86 valence electrons. The number of carbonyl (C=O) groups is 1. The summed E-state index contributed by atoms with van der Waals surface area (Å²) in [6, 6.07) is 1.75. The lowest BCUT2D eigenvalue weighted by molar-refractivity contribution is 0.0787. The average molecular weight is 229 g/mol. The number of carbonyl (C=O) groups excluding carboxylic acids is 1. The SMILES string of the molecule is O=C(c1ccc(F)c(F)c1F)N1CCCC1. The lowest BCUT2D eigenvalue weighted by Crippen LogP contribution is -2.28. The molecule has 0 unspecified atom stereocenters. The minimum atomic E-state index is -1.59. The number of rotatable bonds is 1. The minimum Gasteiger partial charge on any atom is -0.339 e. The number of hydrogen-bond donors (Lipinski definition) is 0. The van der Waals surface area contributed by atoms with E-state index in [1.54, 1.807) is 0 Å². The molecular weight excluding hydrogens is 219 g/mol. The normalized spacial score (nSPS) is 15.6. The molecule has 0 spiro atoms. The molecule has 1 aliphatic heterocycles. The van der Waals surface area contributed by atoms with Crippen LogP contribution in [-0.2, 0) is 0 Å². The predicted molar refractivity (Wildman–Crippen MR) is 51.5 cm³/mol. The Morgan fingerprint density at radius 3 is 2.31 bits per heavy atom. The van der Waals surface area contributed by atoms with Crippen molar-refractivity contribution in [2.24, 2.45) is 0 Å². The van der Waals surface area contributed by atoms with Crippen molar-refractivity contribution in [3.8, 4) is 0 Å². The number of nitrogens with zero attached hydrogens (tertiary/aromatic N) is 1. The van der Waals surface area contributed by atoms with Gasteiger partial charge in [0.2, 0.25) is 0 Å². The van der Waals surface area contributed by atoms with Gasteiger partial charge in [-0.25, -0.2) is 13.2 Å². The summed E-state index contributed by atoms with van der Waals surface area (Å²) in [6.45, 7) is 1.08. The zero-order chi connectivity index (χ0) is 11.7. The summed E-state index contributed by atoms with van der Waals surface area (Å²) in [4.78, 5) is 13.2. The molecule has 5 heteroatoms. The van der Waals surface area contributed by atoms with Gasteiger partial charge in [-0.2, -0.15) is 0 Å². The first-order valence-electron chi connectivity index (χ1n) is 5.04. The number of halogens is 3. The summed E-state index contributed by atoms with van der Waals surface area (Å²) in [6.07, 6.45) is 1.72. The first-order chi connectivity index (χ1) is 7.61. The van der Waals surface area contributed by atoms with E-state index in [2.05, 4.69) is 0 Å². The van der Waals surface area contributed by atoms with Crippen LogP contribution < -0.4 is 0 Å². The summed E-state index contributed by atoms with van der Waals surface area (Å²) >= 11 is 0. The molecule has 1 saturated heterocycles. The van der Waals surface area contributed by atoms with Crippen LogP contribution in [0.2, 0.25) is 0 Å². The van der Waals surface area contributed by atoms with Crippen LogP contribution in [0.25, 0.3) is 0 Å². The van der Waals surface area contributed by atoms with Gasteiger partial charge in [0.1, 0.15) is 0 Å². The van der Waals surface area contributed by atoms with Gasteiger partial charge in [0.15, 0.2) is 17.5 Å². The quantitative estimate of drug-likeness (QED) is 0.677. The highest BCUT2D eigenvalue weighted by atomic mass is 19.2. The van der Waals surface area contributed by atoms with Crippen LogP contribution in [0.15, 0.2) is 12.1 Å². The molecule has 1 aliphatic rings. The van der Waals surface area contributed by atoms with Crippen LogP contribution in [0.4, 0.5) is 13.2 Å². The molecule has 0 aliphatic carbocycles. The van der Waals surface area contributed by atoms with Gasteiger partial charge in [-0.3, -0.25) is 4.79 Å². The topological polar surface area (TPSA) is 20.3 Å². The highest BCUT2D eigenvalue weighted by Crippen LogP contribution is 2.19. The van der Waals surface area contributed by atoms with Crippen molar-refractivity contribution in [2.75, 3.05) is 13.1 Å². The van der Waals surface area contributed by atoms with Gasteiger partial charge in [-0.15, -0.1) is 0 Å². The van der Waals surface area contributed by atoms with E-state index in [4.69, 9.17) is 0 Å². The Labute approximate surface area is 90.7 Å². The standard InChI is InChI=1S/C11H10F3NO/c12-8-4-3-7(9(13)10(8)14)11(16)15-5-1-2-6-15/h3-4H,1-2,5-6H2. The Balaban J connectivity index is 2.33. The zero-order valence-corrected chi connectivity index (χ0v) is 8.47. The summed E-state index contributed by atoms with van der Waals surface area (Å²) in [7, 11) is 0. The Morgan fingerprint density at radius 2 is 1.69 bits per heavy atom. The molecule has 0 atom stereocenters. The van der Waals surface area contributed by atoms with E-state index in [9.17, 15) is 18.0 Å². The van der Waals surface area contributed by atoms with E-state index in [1.807, 2.05) is 0 Å². The highest BCUT2D eigenvalue weighted by Gasteiger charge is 2.24. The molecule has 1 aromatic carbocycles. The highest BCUT2D eigenvalue weighted by molar-refractivity contribution is 5.94. The van der Waals surface area contributed by atoms with Crippen molar-refractivity contribution in [2.45, 2.75) is 12.8 Å². The molecule has 1 fully saturated rings. The summed E-state index contributed by atoms with van der Waals surface area (Å²) in [5.41, 5.74) is -0.402. The van der Waals surface area contributed by atoms with Crippen molar-refractivity contribution in [1.29, 1.82) is 0 Å². The van der Waals surface area contributed by atoms with Crippen molar-refractivity contribution in [1.82, 2.24) is 4.90 Å². The molecule has 0 aromatic heterocycles. The van der Waals surface area contributed by atoms with E-state index < -0.39 is 28.9 Å². The molecule has 2 nitrogen and oxygen atoms in total. The molecule has 0 bridgehead atoms. The Bertz CT molecular complexity index is 427. The van der Waals surface area contributed by atoms with Crippen LogP contribution in [0.1, 0.15) is 23.2 Å². The van der Waals surface area contributed by atoms with E-state index in [0.29, 0.717) is 13.1 Å². The molecular formula is C11H10F3NO. The van der Waals surface area contributed by atoms with Gasteiger partial charge in [0.25, 0.3) is 5.91 Å². The number of hydrogen-bond acceptors (Lipinski definition) is 1. The van der Waals surface area contributed by atoms with Crippen molar-refractivity contribution >= 4 is 5.91 Å². The first kappa shape index (κ1) is 11.0. The number of amides is 1. The Hall–Kier alpha value is -1.52. The fourth-order valence-corrected chi connectivity index (χ4v) is 1.78. The summed E-state index contributed by atoms with van der Waals surface area (Å²) in [5.74, 6) is -4.86. The van der Waals surface area contributed by atoms with Crippen LogP contribution >= 0.6 is 0 Å². The minimum absolute atomic E-state index is 0.402. The van der Waals surface area contributed by atoms with Crippen LogP contribution in [-0.4, -0.2) is 23.9 Å². The van der Waals surface area contributed by atoms with Gasteiger partial charge < -0.3 is 4.90 Å². The van der Waals surface area contributed by atoms with Gasteiger partial charge in [-0.05, 0) is 25.0 Å². The van der Waals surface area contributed by atoms with Crippen LogP contribution in [0, 0.1) is 17.5 Å². The van der Waals surface area contributed by atoms with E-state index in [-0.39, 0.29) is 0 Å². The molecule has 0 saturated carbocycles. The zero-order valence-electron chi connectivity index (χ0n) is 8.47. The molecule has 1 aromatic rings. The second-order valence-corrected chi connectivity index (χ2v) is 3.72.